The number of rotatable bonds is 4. The highest BCUT2D eigenvalue weighted by atomic mass is 32.2. The van der Waals surface area contributed by atoms with Crippen LogP contribution < -0.4 is 0 Å². The van der Waals surface area contributed by atoms with Crippen molar-refractivity contribution in [2.45, 2.75) is 20.8 Å². The Balaban J connectivity index is 3.49. The molecule has 0 unspecified atom stereocenters. The summed E-state index contributed by atoms with van der Waals surface area (Å²) in [6.45, 7) is 11.0. The predicted molar refractivity (Wildman–Crippen MR) is 50.6 cm³/mol. The number of thioether (sulfide) groups is 1. The maximum atomic E-state index is 4.07. The minimum absolute atomic E-state index is 0.549. The molecule has 0 heterocycles. The zero-order valence-electron chi connectivity index (χ0n) is 6.92. The van der Waals surface area contributed by atoms with Crippen LogP contribution in [0.4, 0.5) is 0 Å². The minimum atomic E-state index is 0.549. The first-order valence-corrected chi connectivity index (χ1v) is 4.40. The molecule has 0 N–H and O–H groups in total. The Hall–Kier alpha value is -0.240. The van der Waals surface area contributed by atoms with Crippen molar-refractivity contribution < 1.29 is 0 Å². The zero-order chi connectivity index (χ0) is 7.98. The average Bonchev–Trinajstić information content (AvgIpc) is 1.88. The first-order valence-electron chi connectivity index (χ1n) is 3.52. The van der Waals surface area contributed by atoms with Gasteiger partial charge in [-0.25, -0.2) is 0 Å². The highest BCUT2D eigenvalue weighted by Crippen LogP contribution is 2.18. The van der Waals surface area contributed by atoms with E-state index >= 15 is 0 Å². The van der Waals surface area contributed by atoms with Crippen LogP contribution in [0.15, 0.2) is 16.5 Å². The first kappa shape index (κ1) is 9.76. The molecule has 2 heteroatoms. The largest absolute Gasteiger partial charge is 0.286 e. The van der Waals surface area contributed by atoms with Crippen LogP contribution >= 0.6 is 11.8 Å². The Bertz CT molecular complexity index is 127. The van der Waals surface area contributed by atoms with Crippen molar-refractivity contribution in [3.8, 4) is 0 Å². The molecule has 0 aliphatic heterocycles. The molecule has 0 fully saturated rings. The highest BCUT2D eigenvalue weighted by molar-refractivity contribution is 8.15. The van der Waals surface area contributed by atoms with E-state index in [9.17, 15) is 0 Å². The van der Waals surface area contributed by atoms with Crippen molar-refractivity contribution in [2.24, 2.45) is 10.9 Å². The maximum Gasteiger partial charge on any atom is 0.0585 e. The van der Waals surface area contributed by atoms with Gasteiger partial charge in [-0.1, -0.05) is 32.2 Å². The van der Waals surface area contributed by atoms with Crippen molar-refractivity contribution in [3.63, 3.8) is 0 Å². The Labute approximate surface area is 67.6 Å². The quantitative estimate of drug-likeness (QED) is 0.451. The topological polar surface area (TPSA) is 12.4 Å². The molecule has 0 rings (SSSR count). The van der Waals surface area contributed by atoms with Gasteiger partial charge in [0.2, 0.25) is 0 Å². The Morgan fingerprint density at radius 1 is 1.70 bits per heavy atom. The molecule has 0 spiro atoms. The van der Waals surface area contributed by atoms with Crippen molar-refractivity contribution in [1.82, 2.24) is 0 Å². The van der Waals surface area contributed by atoms with E-state index in [0.29, 0.717) is 5.92 Å². The first-order chi connectivity index (χ1) is 4.68. The van der Waals surface area contributed by atoms with E-state index in [4.69, 9.17) is 0 Å². The fourth-order valence-corrected chi connectivity index (χ4v) is 0.947. The second-order valence-electron chi connectivity index (χ2n) is 2.34. The number of nitrogens with zero attached hydrogens (tertiary/aromatic N) is 1. The molecular weight excluding hydrogens is 142 g/mol. The summed E-state index contributed by atoms with van der Waals surface area (Å²) >= 11 is 1.62. The second kappa shape index (κ2) is 5.54. The van der Waals surface area contributed by atoms with Gasteiger partial charge in [0.05, 0.1) is 5.55 Å². The summed E-state index contributed by atoms with van der Waals surface area (Å²) in [6.07, 6.45) is 0. The van der Waals surface area contributed by atoms with Crippen LogP contribution in [-0.2, 0) is 0 Å². The lowest BCUT2D eigenvalue weighted by Crippen LogP contribution is -1.86. The van der Waals surface area contributed by atoms with Gasteiger partial charge in [0, 0.05) is 6.54 Å². The normalized spacial score (nSPS) is 11.2. The van der Waals surface area contributed by atoms with Crippen LogP contribution in [0.5, 0.6) is 0 Å². The molecule has 0 saturated carbocycles. The van der Waals surface area contributed by atoms with E-state index in [1.54, 1.807) is 11.8 Å². The monoisotopic (exact) mass is 157 g/mol. The standard InChI is InChI=1S/C8H15NS/c1-5-9-6-10-8(4)7(2)3/h6-7H,4-5H2,1-3H3. The van der Waals surface area contributed by atoms with Gasteiger partial charge in [0.15, 0.2) is 0 Å². The van der Waals surface area contributed by atoms with Crippen LogP contribution in [0, 0.1) is 5.92 Å². The fraction of sp³-hybridized carbons (Fsp3) is 0.625. The molecule has 0 atom stereocenters. The Morgan fingerprint density at radius 3 is 2.70 bits per heavy atom. The van der Waals surface area contributed by atoms with Crippen LogP contribution in [0.3, 0.4) is 0 Å². The van der Waals surface area contributed by atoms with Gasteiger partial charge >= 0.3 is 0 Å². The molecule has 0 aliphatic rings. The molecule has 0 saturated heterocycles. The van der Waals surface area contributed by atoms with E-state index < -0.39 is 0 Å². The summed E-state index contributed by atoms with van der Waals surface area (Å²) in [6, 6.07) is 0. The summed E-state index contributed by atoms with van der Waals surface area (Å²) in [5.74, 6) is 0.549. The molecule has 0 amide bonds. The number of hydrogen-bond donors (Lipinski definition) is 0. The molecule has 58 valence electrons. The second-order valence-corrected chi connectivity index (χ2v) is 3.31. The van der Waals surface area contributed by atoms with E-state index in [1.165, 1.54) is 4.91 Å². The third-order valence-corrected chi connectivity index (χ3v) is 2.13. The lowest BCUT2D eigenvalue weighted by Gasteiger charge is -2.03. The summed E-state index contributed by atoms with van der Waals surface area (Å²) in [5, 5.41) is 0. The smallest absolute Gasteiger partial charge is 0.0585 e. The molecule has 0 aromatic carbocycles. The molecule has 0 bridgehead atoms. The minimum Gasteiger partial charge on any atom is -0.286 e. The highest BCUT2D eigenvalue weighted by Gasteiger charge is 1.96. The van der Waals surface area contributed by atoms with E-state index in [1.807, 2.05) is 12.5 Å². The third kappa shape index (κ3) is 4.62. The van der Waals surface area contributed by atoms with Crippen molar-refractivity contribution >= 4 is 17.3 Å². The van der Waals surface area contributed by atoms with Crippen molar-refractivity contribution in [2.75, 3.05) is 6.54 Å². The molecule has 0 aromatic heterocycles. The van der Waals surface area contributed by atoms with E-state index in [-0.39, 0.29) is 0 Å². The predicted octanol–water partition coefficient (Wildman–Crippen LogP) is 2.94. The SMILES string of the molecule is C=C(SC=NCC)C(C)C. The van der Waals surface area contributed by atoms with Crippen LogP contribution in [0.2, 0.25) is 0 Å². The van der Waals surface area contributed by atoms with Gasteiger partial charge in [0.25, 0.3) is 0 Å². The van der Waals surface area contributed by atoms with E-state index in [0.717, 1.165) is 6.54 Å². The molecule has 1 nitrogen and oxygen atoms in total. The lowest BCUT2D eigenvalue weighted by molar-refractivity contribution is 0.821. The van der Waals surface area contributed by atoms with Gasteiger partial charge in [0.1, 0.15) is 0 Å². The van der Waals surface area contributed by atoms with Crippen molar-refractivity contribution in [1.29, 1.82) is 0 Å². The van der Waals surface area contributed by atoms with Crippen LogP contribution in [-0.4, -0.2) is 12.1 Å². The Kier molecular flexibility index (Phi) is 5.40. The van der Waals surface area contributed by atoms with Gasteiger partial charge in [-0.2, -0.15) is 0 Å². The third-order valence-electron chi connectivity index (χ3n) is 1.11. The molecule has 0 aliphatic carbocycles. The summed E-state index contributed by atoms with van der Waals surface area (Å²) in [5.41, 5.74) is 1.86. The van der Waals surface area contributed by atoms with Crippen LogP contribution in [0.1, 0.15) is 20.8 Å². The van der Waals surface area contributed by atoms with Gasteiger partial charge in [-0.15, -0.1) is 0 Å². The van der Waals surface area contributed by atoms with Gasteiger partial charge in [-0.3, -0.25) is 4.99 Å². The van der Waals surface area contributed by atoms with E-state index in [2.05, 4.69) is 25.4 Å². The number of allylic oxidation sites excluding steroid dienone is 1. The average molecular weight is 157 g/mol. The van der Waals surface area contributed by atoms with Gasteiger partial charge < -0.3 is 0 Å². The lowest BCUT2D eigenvalue weighted by atomic mass is 10.2. The molecule has 10 heavy (non-hydrogen) atoms. The number of hydrogen-bond acceptors (Lipinski definition) is 2. The molecule has 0 aromatic rings. The van der Waals surface area contributed by atoms with Crippen molar-refractivity contribution in [3.05, 3.63) is 11.5 Å². The summed E-state index contributed by atoms with van der Waals surface area (Å²) < 4.78 is 0. The fourth-order valence-electron chi connectivity index (χ4n) is 0.316. The summed E-state index contributed by atoms with van der Waals surface area (Å²) in [7, 11) is 0. The Morgan fingerprint density at radius 2 is 2.30 bits per heavy atom. The van der Waals surface area contributed by atoms with Crippen LogP contribution in [0.25, 0.3) is 0 Å². The zero-order valence-corrected chi connectivity index (χ0v) is 7.74. The number of aliphatic imine (C=N–C) groups is 1. The summed E-state index contributed by atoms with van der Waals surface area (Å²) in [4.78, 5) is 5.25. The molecular formula is C8H15NS. The van der Waals surface area contributed by atoms with Gasteiger partial charge in [-0.05, 0) is 17.7 Å². The molecule has 0 radical (unpaired) electrons. The maximum absolute atomic E-state index is 4.07.